The lowest BCUT2D eigenvalue weighted by atomic mass is 9.92. The molecule has 7 rings (SSSR count). The Hall–Kier alpha value is -4.90. The number of nitrogens with two attached hydrogens (primary N) is 1. The number of amidine groups is 1. The number of fused-ring (bicyclic) bond motifs is 4. The van der Waals surface area contributed by atoms with E-state index >= 15 is 0 Å². The minimum Gasteiger partial charge on any atom is -0.456 e. The van der Waals surface area contributed by atoms with E-state index in [0.717, 1.165) is 44.0 Å². The highest BCUT2D eigenvalue weighted by atomic mass is 35.5. The SMILES string of the molecule is NNC(=NC(c1ccc2cc(-c3ccccc3)ccc2c1)c1cccc2oc3cc(Cl)ccc3c12)c1ccccc1. The summed E-state index contributed by atoms with van der Waals surface area (Å²) in [5, 5.41) is 4.95. The third-order valence-electron chi connectivity index (χ3n) is 7.52. The normalized spacial score (nSPS) is 12.7. The predicted octanol–water partition coefficient (Wildman–Crippen LogP) is 9.06. The average Bonchev–Trinajstić information content (AvgIpc) is 3.40. The summed E-state index contributed by atoms with van der Waals surface area (Å²) in [5.74, 6) is 6.66. The first-order valence-electron chi connectivity index (χ1n) is 13.5. The van der Waals surface area contributed by atoms with Gasteiger partial charge in [0.05, 0.1) is 0 Å². The molecule has 41 heavy (non-hydrogen) atoms. The van der Waals surface area contributed by atoms with Crippen LogP contribution in [0.2, 0.25) is 5.02 Å². The van der Waals surface area contributed by atoms with E-state index in [1.165, 1.54) is 16.5 Å². The van der Waals surface area contributed by atoms with Gasteiger partial charge in [0.25, 0.3) is 0 Å². The van der Waals surface area contributed by atoms with Gasteiger partial charge in [-0.3, -0.25) is 4.99 Å². The van der Waals surface area contributed by atoms with Crippen molar-refractivity contribution in [3.05, 3.63) is 155 Å². The fourth-order valence-corrected chi connectivity index (χ4v) is 5.71. The Kier molecular flexibility index (Phi) is 6.48. The molecule has 0 saturated heterocycles. The molecule has 0 amide bonds. The fourth-order valence-electron chi connectivity index (χ4n) is 5.54. The topological polar surface area (TPSA) is 63.5 Å². The second-order valence-electron chi connectivity index (χ2n) is 10.0. The standard InChI is InChI=1S/C36H26ClN3O/c37-29-18-19-30-33(22-29)41-32-13-7-12-31(34(30)32)35(39-36(40-38)24-10-5-2-6-11-24)28-17-16-26-20-25(14-15-27(26)21-28)23-8-3-1-4-9-23/h1-22,35H,38H2,(H,39,40). The second-order valence-corrected chi connectivity index (χ2v) is 10.5. The Balaban J connectivity index is 1.43. The molecule has 0 bridgehead atoms. The van der Waals surface area contributed by atoms with Crippen molar-refractivity contribution >= 4 is 50.1 Å². The molecule has 0 fully saturated rings. The molecule has 1 unspecified atom stereocenters. The van der Waals surface area contributed by atoms with Crippen LogP contribution < -0.4 is 11.3 Å². The lowest BCUT2D eigenvalue weighted by molar-refractivity contribution is 0.668. The molecule has 0 saturated carbocycles. The highest BCUT2D eigenvalue weighted by molar-refractivity contribution is 6.31. The Morgan fingerprint density at radius 2 is 1.44 bits per heavy atom. The van der Waals surface area contributed by atoms with Gasteiger partial charge in [0.2, 0.25) is 0 Å². The summed E-state index contributed by atoms with van der Waals surface area (Å²) in [5.41, 5.74) is 9.74. The van der Waals surface area contributed by atoms with Crippen LogP contribution in [0.5, 0.6) is 0 Å². The minimum absolute atomic E-state index is 0.361. The quantitative estimate of drug-likeness (QED) is 0.0970. The first-order valence-corrected chi connectivity index (χ1v) is 13.9. The summed E-state index contributed by atoms with van der Waals surface area (Å²) in [7, 11) is 0. The van der Waals surface area contributed by atoms with Crippen LogP contribution in [0.15, 0.2) is 143 Å². The van der Waals surface area contributed by atoms with E-state index in [-0.39, 0.29) is 6.04 Å². The van der Waals surface area contributed by atoms with Crippen molar-refractivity contribution in [1.82, 2.24) is 5.43 Å². The number of halogens is 1. The summed E-state index contributed by atoms with van der Waals surface area (Å²) in [6, 6.07) is 45.0. The number of hydrogen-bond donors (Lipinski definition) is 2. The van der Waals surface area contributed by atoms with E-state index in [1.807, 2.05) is 66.7 Å². The van der Waals surface area contributed by atoms with Gasteiger partial charge in [-0.2, -0.15) is 0 Å². The molecule has 7 aromatic rings. The number of hydrazine groups is 1. The van der Waals surface area contributed by atoms with Crippen LogP contribution in [0, 0.1) is 0 Å². The molecule has 0 radical (unpaired) electrons. The van der Waals surface area contributed by atoms with E-state index < -0.39 is 0 Å². The first-order chi connectivity index (χ1) is 20.2. The van der Waals surface area contributed by atoms with E-state index in [1.54, 1.807) is 0 Å². The van der Waals surface area contributed by atoms with Gasteiger partial charge in [0.1, 0.15) is 23.0 Å². The van der Waals surface area contributed by atoms with Crippen LogP contribution in [0.3, 0.4) is 0 Å². The van der Waals surface area contributed by atoms with Crippen LogP contribution in [0.25, 0.3) is 43.8 Å². The van der Waals surface area contributed by atoms with Crippen molar-refractivity contribution in [2.45, 2.75) is 6.04 Å². The lowest BCUT2D eigenvalue weighted by Crippen LogP contribution is -2.31. The smallest absolute Gasteiger partial charge is 0.143 e. The second kappa shape index (κ2) is 10.6. The van der Waals surface area contributed by atoms with Crippen molar-refractivity contribution < 1.29 is 4.42 Å². The van der Waals surface area contributed by atoms with Crippen LogP contribution in [0.4, 0.5) is 0 Å². The fraction of sp³-hybridized carbons (Fsp3) is 0.0278. The third-order valence-corrected chi connectivity index (χ3v) is 7.75. The molecule has 0 aliphatic carbocycles. The minimum atomic E-state index is -0.361. The number of nitrogens with one attached hydrogen (secondary N) is 1. The summed E-state index contributed by atoms with van der Waals surface area (Å²) < 4.78 is 6.23. The summed E-state index contributed by atoms with van der Waals surface area (Å²) in [6.07, 6.45) is 0. The van der Waals surface area contributed by atoms with Gasteiger partial charge >= 0.3 is 0 Å². The highest BCUT2D eigenvalue weighted by Gasteiger charge is 2.21. The Morgan fingerprint density at radius 3 is 2.24 bits per heavy atom. The third kappa shape index (κ3) is 4.74. The molecule has 5 heteroatoms. The molecule has 0 aliphatic rings. The number of nitrogens with zero attached hydrogens (tertiary/aromatic N) is 1. The number of benzene rings is 6. The molecule has 4 nitrogen and oxygen atoms in total. The molecule has 1 atom stereocenters. The van der Waals surface area contributed by atoms with Crippen molar-refractivity contribution in [3.63, 3.8) is 0 Å². The summed E-state index contributed by atoms with van der Waals surface area (Å²) in [4.78, 5) is 5.24. The predicted molar refractivity (Wildman–Crippen MR) is 170 cm³/mol. The van der Waals surface area contributed by atoms with Crippen molar-refractivity contribution in [2.24, 2.45) is 10.8 Å². The number of rotatable bonds is 5. The zero-order chi connectivity index (χ0) is 27.8. The van der Waals surface area contributed by atoms with Crippen molar-refractivity contribution in [3.8, 4) is 11.1 Å². The molecule has 6 aromatic carbocycles. The van der Waals surface area contributed by atoms with Gasteiger partial charge in [0.15, 0.2) is 0 Å². The number of aliphatic imine (C=N–C) groups is 1. The van der Waals surface area contributed by atoms with Crippen LogP contribution >= 0.6 is 11.6 Å². The van der Waals surface area contributed by atoms with E-state index in [9.17, 15) is 0 Å². The molecular weight excluding hydrogens is 526 g/mol. The van der Waals surface area contributed by atoms with Gasteiger partial charge in [0, 0.05) is 27.4 Å². The Morgan fingerprint density at radius 1 is 0.683 bits per heavy atom. The zero-order valence-corrected chi connectivity index (χ0v) is 22.8. The molecular formula is C36H26ClN3O. The maximum absolute atomic E-state index is 6.30. The molecule has 1 heterocycles. The van der Waals surface area contributed by atoms with Gasteiger partial charge in [-0.25, -0.2) is 5.84 Å². The van der Waals surface area contributed by atoms with Gasteiger partial charge < -0.3 is 9.84 Å². The van der Waals surface area contributed by atoms with Gasteiger partial charge in [-0.1, -0.05) is 109 Å². The van der Waals surface area contributed by atoms with Gasteiger partial charge in [-0.15, -0.1) is 0 Å². The molecule has 3 N–H and O–H groups in total. The average molecular weight is 552 g/mol. The van der Waals surface area contributed by atoms with Crippen LogP contribution in [-0.2, 0) is 0 Å². The van der Waals surface area contributed by atoms with Crippen LogP contribution in [0.1, 0.15) is 22.7 Å². The summed E-state index contributed by atoms with van der Waals surface area (Å²) in [6.45, 7) is 0. The molecule has 0 aliphatic heterocycles. The van der Waals surface area contributed by atoms with Crippen molar-refractivity contribution in [2.75, 3.05) is 0 Å². The highest BCUT2D eigenvalue weighted by Crippen LogP contribution is 2.39. The van der Waals surface area contributed by atoms with Crippen molar-refractivity contribution in [1.29, 1.82) is 0 Å². The first kappa shape index (κ1) is 25.1. The monoisotopic (exact) mass is 551 g/mol. The van der Waals surface area contributed by atoms with Crippen LogP contribution in [-0.4, -0.2) is 5.84 Å². The maximum Gasteiger partial charge on any atom is 0.143 e. The van der Waals surface area contributed by atoms with E-state index in [4.69, 9.17) is 26.9 Å². The zero-order valence-electron chi connectivity index (χ0n) is 22.1. The Bertz CT molecular complexity index is 2050. The van der Waals surface area contributed by atoms with E-state index in [2.05, 4.69) is 72.2 Å². The summed E-state index contributed by atoms with van der Waals surface area (Å²) >= 11 is 6.30. The maximum atomic E-state index is 6.30. The van der Waals surface area contributed by atoms with Gasteiger partial charge in [-0.05, 0) is 63.4 Å². The lowest BCUT2D eigenvalue weighted by Gasteiger charge is -2.18. The molecule has 1 aromatic heterocycles. The number of hydrogen-bond acceptors (Lipinski definition) is 3. The Labute approximate surface area is 242 Å². The largest absolute Gasteiger partial charge is 0.456 e. The number of furan rings is 1. The van der Waals surface area contributed by atoms with E-state index in [0.29, 0.717) is 10.9 Å². The molecule has 198 valence electrons. The molecule has 0 spiro atoms.